The molecule has 0 spiro atoms. The van der Waals surface area contributed by atoms with Gasteiger partial charge in [-0.3, -0.25) is 0 Å². The van der Waals surface area contributed by atoms with Crippen LogP contribution in [0.1, 0.15) is 27.6 Å². The average Bonchev–Trinajstić information content (AvgIpc) is 2.69. The molecular formula is C21H16F3NO3. The quantitative estimate of drug-likeness (QED) is 0.532. The zero-order chi connectivity index (χ0) is 20.0. The number of carbonyl (C=O) groups is 1. The summed E-state index contributed by atoms with van der Waals surface area (Å²) in [5, 5.41) is 1.23. The number of rotatable bonds is 2. The topological polar surface area (TPSA) is 61.5 Å². The highest BCUT2D eigenvalue weighted by atomic mass is 19.2. The molecule has 3 aromatic rings. The lowest BCUT2D eigenvalue weighted by atomic mass is 9.89. The van der Waals surface area contributed by atoms with E-state index in [0.717, 1.165) is 6.07 Å². The predicted molar refractivity (Wildman–Crippen MR) is 96.7 cm³/mol. The van der Waals surface area contributed by atoms with Crippen molar-refractivity contribution in [2.45, 2.75) is 18.6 Å². The number of carbonyl (C=O) groups excluding carboxylic acids is 1. The SMILES string of the molecule is COC(=O)c1cc2c(c3ccccc13)OC(c1cc(F)c(F)cc1F)[C@@H](N)C2. The highest BCUT2D eigenvalue weighted by molar-refractivity contribution is 6.07. The van der Waals surface area contributed by atoms with Crippen LogP contribution in [0.2, 0.25) is 0 Å². The van der Waals surface area contributed by atoms with E-state index < -0.39 is 35.6 Å². The standard InChI is InChI=1S/C21H16F3NO3/c1-27-21(26)13-6-10-7-18(25)20(14-8-16(23)17(24)9-15(14)22)28-19(10)12-5-3-2-4-11(12)13/h2-6,8-9,18,20H,7,25H2,1H3/t18-,20?/m0/s1. The Morgan fingerprint density at radius 3 is 2.46 bits per heavy atom. The number of fused-ring (bicyclic) bond motifs is 3. The Bertz CT molecular complexity index is 1100. The van der Waals surface area contributed by atoms with Crippen LogP contribution in [-0.4, -0.2) is 19.1 Å². The van der Waals surface area contributed by atoms with Gasteiger partial charge in [-0.15, -0.1) is 0 Å². The van der Waals surface area contributed by atoms with E-state index in [2.05, 4.69) is 0 Å². The maximum atomic E-state index is 14.3. The van der Waals surface area contributed by atoms with Crippen molar-refractivity contribution in [1.82, 2.24) is 0 Å². The lowest BCUT2D eigenvalue weighted by Crippen LogP contribution is -2.38. The third kappa shape index (κ3) is 2.88. The summed E-state index contributed by atoms with van der Waals surface area (Å²) in [5.74, 6) is -3.46. The molecule has 28 heavy (non-hydrogen) atoms. The van der Waals surface area contributed by atoms with Gasteiger partial charge in [0, 0.05) is 17.0 Å². The van der Waals surface area contributed by atoms with E-state index in [0.29, 0.717) is 33.7 Å². The summed E-state index contributed by atoms with van der Waals surface area (Å²) in [6.07, 6.45) is -0.747. The fourth-order valence-electron chi connectivity index (χ4n) is 3.60. The number of nitrogens with two attached hydrogens (primary N) is 1. The first kappa shape index (κ1) is 18.3. The van der Waals surface area contributed by atoms with Crippen LogP contribution in [0.5, 0.6) is 5.75 Å². The van der Waals surface area contributed by atoms with Crippen LogP contribution in [0.3, 0.4) is 0 Å². The molecular weight excluding hydrogens is 371 g/mol. The third-order valence-electron chi connectivity index (χ3n) is 4.91. The molecule has 1 heterocycles. The van der Waals surface area contributed by atoms with Crippen molar-refractivity contribution < 1.29 is 27.4 Å². The molecule has 1 unspecified atom stereocenters. The van der Waals surface area contributed by atoms with Gasteiger partial charge in [0.15, 0.2) is 11.6 Å². The molecule has 0 amide bonds. The average molecular weight is 387 g/mol. The van der Waals surface area contributed by atoms with E-state index >= 15 is 0 Å². The molecule has 144 valence electrons. The van der Waals surface area contributed by atoms with Gasteiger partial charge in [0.1, 0.15) is 17.7 Å². The highest BCUT2D eigenvalue weighted by Gasteiger charge is 2.33. The van der Waals surface area contributed by atoms with Gasteiger partial charge in [-0.2, -0.15) is 0 Å². The molecule has 0 aliphatic carbocycles. The highest BCUT2D eigenvalue weighted by Crippen LogP contribution is 2.41. The summed E-state index contributed by atoms with van der Waals surface area (Å²) >= 11 is 0. The largest absolute Gasteiger partial charge is 0.483 e. The molecule has 1 aliphatic heterocycles. The summed E-state index contributed by atoms with van der Waals surface area (Å²) in [6, 6.07) is 9.21. The molecule has 0 aromatic heterocycles. The maximum absolute atomic E-state index is 14.3. The normalized spacial score (nSPS) is 18.5. The Balaban J connectivity index is 1.87. The van der Waals surface area contributed by atoms with Gasteiger partial charge in [-0.1, -0.05) is 24.3 Å². The molecule has 4 rings (SSSR count). The van der Waals surface area contributed by atoms with Crippen LogP contribution in [0, 0.1) is 17.5 Å². The van der Waals surface area contributed by atoms with E-state index in [9.17, 15) is 18.0 Å². The first-order valence-electron chi connectivity index (χ1n) is 8.60. The first-order chi connectivity index (χ1) is 13.4. The second-order valence-corrected chi connectivity index (χ2v) is 6.64. The van der Waals surface area contributed by atoms with Crippen LogP contribution in [0.4, 0.5) is 13.2 Å². The predicted octanol–water partition coefficient (Wildman–Crippen LogP) is 4.05. The Hall–Kier alpha value is -3.06. The fraction of sp³-hybridized carbons (Fsp3) is 0.190. The molecule has 0 saturated carbocycles. The van der Waals surface area contributed by atoms with Gasteiger partial charge in [-0.25, -0.2) is 18.0 Å². The van der Waals surface area contributed by atoms with Crippen LogP contribution in [-0.2, 0) is 11.2 Å². The van der Waals surface area contributed by atoms with Crippen LogP contribution < -0.4 is 10.5 Å². The number of hydrogen-bond donors (Lipinski definition) is 1. The van der Waals surface area contributed by atoms with Crippen molar-refractivity contribution in [1.29, 1.82) is 0 Å². The number of hydrogen-bond acceptors (Lipinski definition) is 4. The van der Waals surface area contributed by atoms with Gasteiger partial charge < -0.3 is 15.2 Å². The van der Waals surface area contributed by atoms with Gasteiger partial charge in [0.2, 0.25) is 0 Å². The van der Waals surface area contributed by atoms with Crippen molar-refractivity contribution in [3.05, 3.63) is 76.6 Å². The summed E-state index contributed by atoms with van der Waals surface area (Å²) in [7, 11) is 1.29. The summed E-state index contributed by atoms with van der Waals surface area (Å²) in [4.78, 5) is 12.2. The van der Waals surface area contributed by atoms with Gasteiger partial charge in [0.25, 0.3) is 0 Å². The van der Waals surface area contributed by atoms with Crippen molar-refractivity contribution in [2.75, 3.05) is 7.11 Å². The Morgan fingerprint density at radius 1 is 1.07 bits per heavy atom. The smallest absolute Gasteiger partial charge is 0.338 e. The monoisotopic (exact) mass is 387 g/mol. The first-order valence-corrected chi connectivity index (χ1v) is 8.60. The maximum Gasteiger partial charge on any atom is 0.338 e. The number of benzene rings is 3. The molecule has 2 N–H and O–H groups in total. The zero-order valence-electron chi connectivity index (χ0n) is 14.8. The van der Waals surface area contributed by atoms with Gasteiger partial charge in [0.05, 0.1) is 18.7 Å². The summed E-state index contributed by atoms with van der Waals surface area (Å²) < 4.78 is 52.1. The van der Waals surface area contributed by atoms with E-state index in [1.54, 1.807) is 30.3 Å². The Morgan fingerprint density at radius 2 is 1.75 bits per heavy atom. The van der Waals surface area contributed by atoms with E-state index in [-0.39, 0.29) is 12.0 Å². The second kappa shape index (κ2) is 6.83. The molecule has 2 atom stereocenters. The molecule has 1 aliphatic rings. The Kier molecular flexibility index (Phi) is 4.47. The van der Waals surface area contributed by atoms with E-state index in [4.69, 9.17) is 15.2 Å². The minimum absolute atomic E-state index is 0.154. The summed E-state index contributed by atoms with van der Waals surface area (Å²) in [5.41, 5.74) is 7.03. The molecule has 4 nitrogen and oxygen atoms in total. The lowest BCUT2D eigenvalue weighted by Gasteiger charge is -2.33. The number of methoxy groups -OCH3 is 1. The van der Waals surface area contributed by atoms with Gasteiger partial charge in [-0.05, 0) is 29.5 Å². The van der Waals surface area contributed by atoms with E-state index in [1.165, 1.54) is 7.11 Å². The van der Waals surface area contributed by atoms with Crippen LogP contribution in [0.25, 0.3) is 10.8 Å². The zero-order valence-corrected chi connectivity index (χ0v) is 14.8. The number of halogens is 3. The summed E-state index contributed by atoms with van der Waals surface area (Å²) in [6.45, 7) is 0. The number of ether oxygens (including phenoxy) is 2. The molecule has 0 bridgehead atoms. The third-order valence-corrected chi connectivity index (χ3v) is 4.91. The molecule has 3 aromatic carbocycles. The molecule has 0 saturated heterocycles. The minimum Gasteiger partial charge on any atom is -0.483 e. The van der Waals surface area contributed by atoms with Crippen molar-refractivity contribution >= 4 is 16.7 Å². The van der Waals surface area contributed by atoms with Gasteiger partial charge >= 0.3 is 5.97 Å². The molecule has 0 radical (unpaired) electrons. The van der Waals surface area contributed by atoms with Crippen molar-refractivity contribution in [2.24, 2.45) is 5.73 Å². The lowest BCUT2D eigenvalue weighted by molar-refractivity contribution is 0.0602. The minimum atomic E-state index is -1.28. The Labute approximate surface area is 158 Å². The van der Waals surface area contributed by atoms with Crippen molar-refractivity contribution in [3.8, 4) is 5.75 Å². The van der Waals surface area contributed by atoms with Crippen LogP contribution >= 0.6 is 0 Å². The second-order valence-electron chi connectivity index (χ2n) is 6.64. The van der Waals surface area contributed by atoms with E-state index in [1.807, 2.05) is 0 Å². The molecule has 0 fully saturated rings. The number of esters is 1. The van der Waals surface area contributed by atoms with Crippen LogP contribution in [0.15, 0.2) is 42.5 Å². The molecule has 7 heteroatoms. The van der Waals surface area contributed by atoms with Crippen molar-refractivity contribution in [3.63, 3.8) is 0 Å². The fourth-order valence-corrected chi connectivity index (χ4v) is 3.60.